The van der Waals surface area contributed by atoms with E-state index in [4.69, 9.17) is 4.74 Å². The Kier molecular flexibility index (Phi) is 8.95. The van der Waals surface area contributed by atoms with Crippen LogP contribution in [0.15, 0.2) is 47.5 Å². The van der Waals surface area contributed by atoms with Gasteiger partial charge in [0, 0.05) is 31.7 Å². The van der Waals surface area contributed by atoms with Gasteiger partial charge in [0.05, 0.1) is 7.11 Å². The highest BCUT2D eigenvalue weighted by atomic mass is 19.1. The summed E-state index contributed by atoms with van der Waals surface area (Å²) >= 11 is 0. The Bertz CT molecular complexity index is 839. The Hall–Kier alpha value is -3.09. The normalized spacial score (nSPS) is 11.1. The predicted molar refractivity (Wildman–Crippen MR) is 114 cm³/mol. The number of carbonyl (C=O) groups is 1. The van der Waals surface area contributed by atoms with E-state index >= 15 is 0 Å². The van der Waals surface area contributed by atoms with E-state index < -0.39 is 0 Å². The first kappa shape index (κ1) is 22.2. The molecule has 6 nitrogen and oxygen atoms in total. The molecule has 0 atom stereocenters. The van der Waals surface area contributed by atoms with Crippen molar-refractivity contribution in [3.05, 3.63) is 65.0 Å². The van der Waals surface area contributed by atoms with E-state index in [1.807, 2.05) is 31.2 Å². The fourth-order valence-corrected chi connectivity index (χ4v) is 2.73. The summed E-state index contributed by atoms with van der Waals surface area (Å²) in [6.07, 6.45) is 0.760. The van der Waals surface area contributed by atoms with Crippen LogP contribution >= 0.6 is 0 Å². The molecule has 2 rings (SSSR count). The van der Waals surface area contributed by atoms with Gasteiger partial charge in [0.2, 0.25) is 0 Å². The van der Waals surface area contributed by atoms with Gasteiger partial charge in [-0.15, -0.1) is 0 Å². The lowest BCUT2D eigenvalue weighted by molar-refractivity contribution is 0.0954. The molecule has 0 fully saturated rings. The van der Waals surface area contributed by atoms with Gasteiger partial charge >= 0.3 is 0 Å². The van der Waals surface area contributed by atoms with Crippen LogP contribution in [0.3, 0.4) is 0 Å². The van der Waals surface area contributed by atoms with E-state index in [0.29, 0.717) is 36.7 Å². The number of halogens is 1. The van der Waals surface area contributed by atoms with Crippen LogP contribution in [0.4, 0.5) is 4.39 Å². The zero-order valence-electron chi connectivity index (χ0n) is 17.2. The number of hydrogen-bond donors (Lipinski definition) is 3. The molecule has 0 bridgehead atoms. The van der Waals surface area contributed by atoms with Gasteiger partial charge in [0.15, 0.2) is 5.96 Å². The molecular formula is C22H29FN4O2. The van der Waals surface area contributed by atoms with Crippen molar-refractivity contribution in [2.45, 2.75) is 20.3 Å². The molecule has 0 aliphatic carbocycles. The van der Waals surface area contributed by atoms with Crippen molar-refractivity contribution in [2.75, 3.05) is 33.3 Å². The average molecular weight is 400 g/mol. The number of benzene rings is 2. The highest BCUT2D eigenvalue weighted by Gasteiger charge is 2.07. The van der Waals surface area contributed by atoms with E-state index in [1.54, 1.807) is 26.2 Å². The standard InChI is InChI=1S/C22H29FN4O2/c1-4-24-22(26-12-11-17-7-5-6-8-20(17)29-3)27-14-13-25-21(28)18-10-9-16(2)19(23)15-18/h5-10,15H,4,11-14H2,1-3H3,(H,25,28)(H2,24,26,27). The summed E-state index contributed by atoms with van der Waals surface area (Å²) in [6, 6.07) is 12.3. The predicted octanol–water partition coefficient (Wildman–Crippen LogP) is 2.67. The number of nitrogens with one attached hydrogen (secondary N) is 3. The zero-order chi connectivity index (χ0) is 21.1. The van der Waals surface area contributed by atoms with Crippen LogP contribution in [0.2, 0.25) is 0 Å². The summed E-state index contributed by atoms with van der Waals surface area (Å²) in [7, 11) is 1.66. The minimum absolute atomic E-state index is 0.302. The van der Waals surface area contributed by atoms with Gasteiger partial charge < -0.3 is 20.7 Å². The van der Waals surface area contributed by atoms with E-state index in [0.717, 1.165) is 24.3 Å². The Morgan fingerprint density at radius 1 is 1.10 bits per heavy atom. The third-order valence-electron chi connectivity index (χ3n) is 4.32. The minimum Gasteiger partial charge on any atom is -0.496 e. The maximum atomic E-state index is 13.6. The van der Waals surface area contributed by atoms with E-state index in [9.17, 15) is 9.18 Å². The monoisotopic (exact) mass is 400 g/mol. The van der Waals surface area contributed by atoms with Crippen LogP contribution in [-0.2, 0) is 6.42 Å². The molecule has 1 amide bonds. The molecule has 0 saturated heterocycles. The first-order valence-corrected chi connectivity index (χ1v) is 9.73. The number of para-hydroxylation sites is 1. The molecule has 29 heavy (non-hydrogen) atoms. The van der Waals surface area contributed by atoms with Gasteiger partial charge in [-0.1, -0.05) is 24.3 Å². The maximum absolute atomic E-state index is 13.6. The summed E-state index contributed by atoms with van der Waals surface area (Å²) in [6.45, 7) is 5.88. The Morgan fingerprint density at radius 2 is 1.86 bits per heavy atom. The van der Waals surface area contributed by atoms with E-state index in [-0.39, 0.29) is 11.7 Å². The van der Waals surface area contributed by atoms with Gasteiger partial charge in [0.1, 0.15) is 11.6 Å². The molecule has 2 aromatic rings. The first-order chi connectivity index (χ1) is 14.0. The molecule has 7 heteroatoms. The first-order valence-electron chi connectivity index (χ1n) is 9.73. The molecular weight excluding hydrogens is 371 g/mol. The molecule has 0 saturated carbocycles. The molecule has 2 aromatic carbocycles. The summed E-state index contributed by atoms with van der Waals surface area (Å²) in [5, 5.41) is 9.13. The number of rotatable bonds is 9. The number of ether oxygens (including phenoxy) is 1. The Balaban J connectivity index is 1.80. The lowest BCUT2D eigenvalue weighted by atomic mass is 10.1. The van der Waals surface area contributed by atoms with Crippen LogP contribution in [-0.4, -0.2) is 45.2 Å². The fraction of sp³-hybridized carbons (Fsp3) is 0.364. The van der Waals surface area contributed by atoms with Crippen molar-refractivity contribution in [1.29, 1.82) is 0 Å². The van der Waals surface area contributed by atoms with Crippen molar-refractivity contribution in [2.24, 2.45) is 4.99 Å². The molecule has 3 N–H and O–H groups in total. The SMILES string of the molecule is CCNC(=NCCc1ccccc1OC)NCCNC(=O)c1ccc(C)c(F)c1. The molecule has 0 aliphatic rings. The van der Waals surface area contributed by atoms with Gasteiger partial charge in [-0.3, -0.25) is 9.79 Å². The summed E-state index contributed by atoms with van der Waals surface area (Å²) < 4.78 is 18.9. The van der Waals surface area contributed by atoms with Crippen LogP contribution in [0, 0.1) is 12.7 Å². The number of methoxy groups -OCH3 is 1. The van der Waals surface area contributed by atoms with Gasteiger partial charge in [-0.05, 0) is 49.6 Å². The fourth-order valence-electron chi connectivity index (χ4n) is 2.73. The molecule has 0 heterocycles. The highest BCUT2D eigenvalue weighted by molar-refractivity contribution is 5.94. The number of nitrogens with zero attached hydrogens (tertiary/aromatic N) is 1. The van der Waals surface area contributed by atoms with Crippen molar-refractivity contribution >= 4 is 11.9 Å². The second-order valence-corrected chi connectivity index (χ2v) is 6.47. The molecule has 0 aromatic heterocycles. The number of aryl methyl sites for hydroxylation is 1. The van der Waals surface area contributed by atoms with Crippen LogP contribution in [0.1, 0.15) is 28.4 Å². The van der Waals surface area contributed by atoms with Gasteiger partial charge in [-0.25, -0.2) is 4.39 Å². The van der Waals surface area contributed by atoms with Crippen LogP contribution < -0.4 is 20.7 Å². The number of guanidine groups is 1. The topological polar surface area (TPSA) is 74.8 Å². The largest absolute Gasteiger partial charge is 0.496 e. The molecule has 0 aliphatic heterocycles. The second kappa shape index (κ2) is 11.7. The maximum Gasteiger partial charge on any atom is 0.251 e. The van der Waals surface area contributed by atoms with E-state index in [1.165, 1.54) is 6.07 Å². The molecule has 0 unspecified atom stereocenters. The van der Waals surface area contributed by atoms with Crippen LogP contribution in [0.5, 0.6) is 5.75 Å². The van der Waals surface area contributed by atoms with Crippen molar-refractivity contribution in [1.82, 2.24) is 16.0 Å². The number of amides is 1. The smallest absolute Gasteiger partial charge is 0.251 e. The summed E-state index contributed by atoms with van der Waals surface area (Å²) in [5.41, 5.74) is 1.93. The third kappa shape index (κ3) is 7.10. The quantitative estimate of drug-likeness (QED) is 0.344. The number of carbonyl (C=O) groups excluding carboxylic acids is 1. The lowest BCUT2D eigenvalue weighted by Crippen LogP contribution is -2.41. The zero-order valence-corrected chi connectivity index (χ0v) is 17.2. The highest BCUT2D eigenvalue weighted by Crippen LogP contribution is 2.17. The van der Waals surface area contributed by atoms with Crippen molar-refractivity contribution in [3.8, 4) is 5.75 Å². The number of hydrogen-bond acceptors (Lipinski definition) is 3. The summed E-state index contributed by atoms with van der Waals surface area (Å²) in [5.74, 6) is 0.852. The minimum atomic E-state index is -0.382. The van der Waals surface area contributed by atoms with Crippen LogP contribution in [0.25, 0.3) is 0 Å². The molecule has 0 radical (unpaired) electrons. The summed E-state index contributed by atoms with van der Waals surface area (Å²) in [4.78, 5) is 16.7. The second-order valence-electron chi connectivity index (χ2n) is 6.47. The van der Waals surface area contributed by atoms with Crippen molar-refractivity contribution in [3.63, 3.8) is 0 Å². The Morgan fingerprint density at radius 3 is 2.59 bits per heavy atom. The lowest BCUT2D eigenvalue weighted by Gasteiger charge is -2.12. The number of aliphatic imine (C=N–C) groups is 1. The molecule has 156 valence electrons. The van der Waals surface area contributed by atoms with E-state index in [2.05, 4.69) is 20.9 Å². The van der Waals surface area contributed by atoms with Crippen molar-refractivity contribution < 1.29 is 13.9 Å². The van der Waals surface area contributed by atoms with Gasteiger partial charge in [0.25, 0.3) is 5.91 Å². The third-order valence-corrected chi connectivity index (χ3v) is 4.32. The average Bonchev–Trinajstić information content (AvgIpc) is 2.73. The van der Waals surface area contributed by atoms with Gasteiger partial charge in [-0.2, -0.15) is 0 Å². The Labute approximate surface area is 171 Å². The molecule has 0 spiro atoms.